The Morgan fingerprint density at radius 1 is 1.33 bits per heavy atom. The Balaban J connectivity index is 2.87. The molecule has 21 heavy (non-hydrogen) atoms. The topological polar surface area (TPSA) is 49.4 Å². The van der Waals surface area contributed by atoms with Crippen LogP contribution in [0.2, 0.25) is 0 Å². The van der Waals surface area contributed by atoms with E-state index in [-0.39, 0.29) is 23.6 Å². The van der Waals surface area contributed by atoms with Gasteiger partial charge in [-0.1, -0.05) is 6.07 Å². The first-order valence-electron chi connectivity index (χ1n) is 6.54. The molecule has 4 nitrogen and oxygen atoms in total. The van der Waals surface area contributed by atoms with Gasteiger partial charge in [-0.25, -0.2) is 4.39 Å². The maximum Gasteiger partial charge on any atom is 0.258 e. The Bertz CT molecular complexity index is 541. The Labute approximate surface area is 129 Å². The number of nitrogens with one attached hydrogen (secondary N) is 1. The molecule has 0 unspecified atom stereocenters. The molecule has 1 aromatic carbocycles. The average molecular weight is 312 g/mol. The monoisotopic (exact) mass is 312 g/mol. The third-order valence-corrected chi connectivity index (χ3v) is 3.43. The van der Waals surface area contributed by atoms with E-state index in [2.05, 4.69) is 5.32 Å². The number of likely N-dealkylation sites (N-methyl/N-ethyl adjacent to an activating group) is 1. The summed E-state index contributed by atoms with van der Waals surface area (Å²) in [5.74, 6) is -1.35. The van der Waals surface area contributed by atoms with Gasteiger partial charge in [-0.2, -0.15) is 0 Å². The highest BCUT2D eigenvalue weighted by atomic mass is 32.2. The summed E-state index contributed by atoms with van der Waals surface area (Å²) < 4.78 is 13.9. The van der Waals surface area contributed by atoms with Crippen molar-refractivity contribution in [3.8, 4) is 0 Å². The van der Waals surface area contributed by atoms with Crippen molar-refractivity contribution in [1.29, 1.82) is 0 Å². The summed E-state index contributed by atoms with van der Waals surface area (Å²) in [5.41, 5.74) is -0.361. The van der Waals surface area contributed by atoms with E-state index >= 15 is 0 Å². The number of carbonyl (C=O) groups excluding carboxylic acids is 2. The molecular formula is C15H21FN2O2S. The highest BCUT2D eigenvalue weighted by molar-refractivity contribution is 7.98. The molecule has 0 aromatic heterocycles. The van der Waals surface area contributed by atoms with Crippen molar-refractivity contribution in [1.82, 2.24) is 10.2 Å². The fourth-order valence-electron chi connectivity index (χ4n) is 1.82. The summed E-state index contributed by atoms with van der Waals surface area (Å²) in [5, 5.41) is 2.77. The van der Waals surface area contributed by atoms with Crippen LogP contribution in [0.4, 0.5) is 4.39 Å². The lowest BCUT2D eigenvalue weighted by atomic mass is 10.1. The molecule has 0 radical (unpaired) electrons. The van der Waals surface area contributed by atoms with E-state index in [0.29, 0.717) is 4.90 Å². The number of carbonyl (C=O) groups is 2. The van der Waals surface area contributed by atoms with Crippen LogP contribution in [0.1, 0.15) is 31.1 Å². The molecule has 1 aromatic rings. The van der Waals surface area contributed by atoms with Gasteiger partial charge in [-0.3, -0.25) is 9.59 Å². The second kappa shape index (κ2) is 6.93. The third-order valence-electron chi connectivity index (χ3n) is 2.65. The lowest BCUT2D eigenvalue weighted by molar-refractivity contribution is -0.122. The molecule has 0 heterocycles. The van der Waals surface area contributed by atoms with Gasteiger partial charge in [0.15, 0.2) is 0 Å². The highest BCUT2D eigenvalue weighted by Gasteiger charge is 2.22. The quantitative estimate of drug-likeness (QED) is 0.869. The first-order chi connectivity index (χ1) is 9.65. The van der Waals surface area contributed by atoms with E-state index in [4.69, 9.17) is 0 Å². The lowest BCUT2D eigenvalue weighted by Gasteiger charge is -2.24. The zero-order valence-corrected chi connectivity index (χ0v) is 13.8. The molecule has 0 saturated heterocycles. The van der Waals surface area contributed by atoms with Crippen molar-refractivity contribution in [2.75, 3.05) is 19.8 Å². The largest absolute Gasteiger partial charge is 0.350 e. The smallest absolute Gasteiger partial charge is 0.258 e. The molecule has 0 fully saturated rings. The Hall–Kier alpha value is -1.56. The number of thioether (sulfide) groups is 1. The number of nitrogens with zero attached hydrogens (tertiary/aromatic N) is 1. The second-order valence-electron chi connectivity index (χ2n) is 5.78. The SMILES string of the molecule is CSc1cccc(F)c1C(=O)N(C)CC(=O)NC(C)(C)C. The fourth-order valence-corrected chi connectivity index (χ4v) is 2.42. The molecule has 1 rings (SSSR count). The van der Waals surface area contributed by atoms with Gasteiger partial charge in [0.25, 0.3) is 5.91 Å². The van der Waals surface area contributed by atoms with Crippen LogP contribution in [0.25, 0.3) is 0 Å². The maximum absolute atomic E-state index is 13.9. The minimum absolute atomic E-state index is 0.0102. The third kappa shape index (κ3) is 5.04. The molecule has 0 atom stereocenters. The van der Waals surface area contributed by atoms with Crippen molar-refractivity contribution in [2.45, 2.75) is 31.2 Å². The van der Waals surface area contributed by atoms with Gasteiger partial charge in [-0.05, 0) is 39.2 Å². The van der Waals surface area contributed by atoms with Crippen molar-refractivity contribution in [2.24, 2.45) is 0 Å². The van der Waals surface area contributed by atoms with E-state index in [0.717, 1.165) is 0 Å². The molecule has 0 bridgehead atoms. The predicted octanol–water partition coefficient (Wildman–Crippen LogP) is 2.53. The van der Waals surface area contributed by atoms with Gasteiger partial charge < -0.3 is 10.2 Å². The Kier molecular flexibility index (Phi) is 5.78. The van der Waals surface area contributed by atoms with E-state index in [1.165, 1.54) is 29.8 Å². The van der Waals surface area contributed by atoms with Crippen molar-refractivity contribution in [3.05, 3.63) is 29.6 Å². The minimum Gasteiger partial charge on any atom is -0.350 e. The van der Waals surface area contributed by atoms with Gasteiger partial charge in [0.2, 0.25) is 5.91 Å². The van der Waals surface area contributed by atoms with Gasteiger partial charge >= 0.3 is 0 Å². The average Bonchev–Trinajstić information content (AvgIpc) is 2.35. The van der Waals surface area contributed by atoms with Gasteiger partial charge in [0.1, 0.15) is 5.82 Å². The Morgan fingerprint density at radius 3 is 2.48 bits per heavy atom. The number of benzene rings is 1. The summed E-state index contributed by atoms with van der Waals surface area (Å²) in [4.78, 5) is 26.0. The molecule has 1 N–H and O–H groups in total. The van der Waals surface area contributed by atoms with Crippen LogP contribution in [-0.4, -0.2) is 42.1 Å². The van der Waals surface area contributed by atoms with Crippen molar-refractivity contribution in [3.63, 3.8) is 0 Å². The molecule has 116 valence electrons. The summed E-state index contributed by atoms with van der Waals surface area (Å²) in [6.07, 6.45) is 1.78. The first kappa shape index (κ1) is 17.5. The van der Waals surface area contributed by atoms with Crippen molar-refractivity contribution >= 4 is 23.6 Å². The van der Waals surface area contributed by atoms with E-state index in [1.807, 2.05) is 20.8 Å². The zero-order chi connectivity index (χ0) is 16.2. The molecular weight excluding hydrogens is 291 g/mol. The lowest BCUT2D eigenvalue weighted by Crippen LogP contribution is -2.46. The number of amides is 2. The molecule has 0 aliphatic rings. The number of rotatable bonds is 4. The molecule has 6 heteroatoms. The summed E-state index contributed by atoms with van der Waals surface area (Å²) in [6, 6.07) is 4.49. The second-order valence-corrected chi connectivity index (χ2v) is 6.62. The summed E-state index contributed by atoms with van der Waals surface area (Å²) >= 11 is 1.30. The standard InChI is InChI=1S/C15H21FN2O2S/c1-15(2,3)17-12(19)9-18(4)14(20)13-10(16)7-6-8-11(13)21-5/h6-8H,9H2,1-5H3,(H,17,19). The number of hydrogen-bond donors (Lipinski definition) is 1. The van der Waals surface area contributed by atoms with Crippen LogP contribution in [0.3, 0.4) is 0 Å². The van der Waals surface area contributed by atoms with Crippen LogP contribution in [0.5, 0.6) is 0 Å². The zero-order valence-electron chi connectivity index (χ0n) is 13.0. The maximum atomic E-state index is 13.9. The van der Waals surface area contributed by atoms with Crippen LogP contribution < -0.4 is 5.32 Å². The van der Waals surface area contributed by atoms with Crippen LogP contribution in [-0.2, 0) is 4.79 Å². The van der Waals surface area contributed by atoms with E-state index in [1.54, 1.807) is 18.4 Å². The fraction of sp³-hybridized carbons (Fsp3) is 0.467. The molecule has 0 spiro atoms. The van der Waals surface area contributed by atoms with Crippen LogP contribution in [0.15, 0.2) is 23.1 Å². The van der Waals surface area contributed by atoms with Crippen LogP contribution in [0, 0.1) is 5.82 Å². The van der Waals surface area contributed by atoms with Gasteiger partial charge in [0.05, 0.1) is 12.1 Å². The van der Waals surface area contributed by atoms with Gasteiger partial charge in [0, 0.05) is 17.5 Å². The number of halogens is 1. The van der Waals surface area contributed by atoms with Crippen molar-refractivity contribution < 1.29 is 14.0 Å². The first-order valence-corrected chi connectivity index (χ1v) is 7.77. The minimum atomic E-state index is -0.574. The highest BCUT2D eigenvalue weighted by Crippen LogP contribution is 2.23. The van der Waals surface area contributed by atoms with Gasteiger partial charge in [-0.15, -0.1) is 11.8 Å². The molecule has 0 saturated carbocycles. The van der Waals surface area contributed by atoms with Crippen LogP contribution >= 0.6 is 11.8 Å². The predicted molar refractivity (Wildman–Crippen MR) is 83.0 cm³/mol. The summed E-state index contributed by atoms with van der Waals surface area (Å²) in [7, 11) is 1.49. The summed E-state index contributed by atoms with van der Waals surface area (Å²) in [6.45, 7) is 5.46. The Morgan fingerprint density at radius 2 is 1.95 bits per heavy atom. The van der Waals surface area contributed by atoms with E-state index < -0.39 is 11.7 Å². The molecule has 2 amide bonds. The molecule has 0 aliphatic carbocycles. The van der Waals surface area contributed by atoms with E-state index in [9.17, 15) is 14.0 Å². The normalized spacial score (nSPS) is 11.1. The number of hydrogen-bond acceptors (Lipinski definition) is 3. The molecule has 0 aliphatic heterocycles.